The van der Waals surface area contributed by atoms with Gasteiger partial charge in [0.15, 0.2) is 18.2 Å². The van der Waals surface area contributed by atoms with Crippen LogP contribution in [0.25, 0.3) is 0 Å². The summed E-state index contributed by atoms with van der Waals surface area (Å²) in [7, 11) is -3.72. The van der Waals surface area contributed by atoms with Crippen LogP contribution < -0.4 is 4.74 Å². The van der Waals surface area contributed by atoms with E-state index in [0.29, 0.717) is 0 Å². The summed E-state index contributed by atoms with van der Waals surface area (Å²) in [5.41, 5.74) is 0. The summed E-state index contributed by atoms with van der Waals surface area (Å²) in [6, 6.07) is 12.1. The van der Waals surface area contributed by atoms with Crippen LogP contribution in [0.3, 0.4) is 0 Å². The number of carbonyl (C=O) groups excluding carboxylic acids is 1. The number of amides is 1. The molecule has 3 rings (SSSR count). The number of ether oxygens (including phenoxy) is 1. The van der Waals surface area contributed by atoms with E-state index in [1.165, 1.54) is 39.5 Å². The number of para-hydroxylation sites is 1. The van der Waals surface area contributed by atoms with E-state index in [1.807, 2.05) is 0 Å². The molecular formula is C18H18ClFN2O4S. The van der Waals surface area contributed by atoms with Crippen molar-refractivity contribution in [1.82, 2.24) is 9.21 Å². The zero-order valence-corrected chi connectivity index (χ0v) is 15.9. The zero-order valence-electron chi connectivity index (χ0n) is 14.3. The van der Waals surface area contributed by atoms with Gasteiger partial charge in [0.05, 0.1) is 5.02 Å². The fourth-order valence-electron chi connectivity index (χ4n) is 2.76. The summed E-state index contributed by atoms with van der Waals surface area (Å²) < 4.78 is 45.5. The highest BCUT2D eigenvalue weighted by Gasteiger charge is 2.31. The lowest BCUT2D eigenvalue weighted by molar-refractivity contribution is -0.134. The van der Waals surface area contributed by atoms with Gasteiger partial charge in [-0.25, -0.2) is 12.8 Å². The Morgan fingerprint density at radius 1 is 1.04 bits per heavy atom. The Morgan fingerprint density at radius 2 is 1.67 bits per heavy atom. The van der Waals surface area contributed by atoms with Crippen molar-refractivity contribution < 1.29 is 22.3 Å². The molecule has 2 aromatic carbocycles. The molecule has 144 valence electrons. The van der Waals surface area contributed by atoms with Crippen LogP contribution in [-0.4, -0.2) is 56.3 Å². The van der Waals surface area contributed by atoms with Gasteiger partial charge in [-0.3, -0.25) is 4.79 Å². The highest BCUT2D eigenvalue weighted by atomic mass is 35.5. The van der Waals surface area contributed by atoms with Crippen molar-refractivity contribution in [2.24, 2.45) is 0 Å². The second kappa shape index (κ2) is 8.24. The van der Waals surface area contributed by atoms with Gasteiger partial charge in [0.25, 0.3) is 5.91 Å². The van der Waals surface area contributed by atoms with Gasteiger partial charge in [-0.15, -0.1) is 0 Å². The Morgan fingerprint density at radius 3 is 2.33 bits per heavy atom. The molecule has 27 heavy (non-hydrogen) atoms. The largest absolute Gasteiger partial charge is 0.481 e. The molecule has 0 unspecified atom stereocenters. The van der Waals surface area contributed by atoms with E-state index < -0.39 is 15.8 Å². The fraction of sp³-hybridized carbons (Fsp3) is 0.278. The predicted molar refractivity (Wildman–Crippen MR) is 98.7 cm³/mol. The van der Waals surface area contributed by atoms with Crippen molar-refractivity contribution in [2.75, 3.05) is 32.8 Å². The first-order valence-electron chi connectivity index (χ1n) is 8.29. The maximum absolute atomic E-state index is 13.5. The SMILES string of the molecule is O=C(COc1ccccc1F)N1CCN(S(=O)(=O)c2ccccc2Cl)CC1. The Kier molecular flexibility index (Phi) is 5.98. The van der Waals surface area contributed by atoms with Crippen molar-refractivity contribution in [3.63, 3.8) is 0 Å². The second-order valence-electron chi connectivity index (χ2n) is 5.93. The molecule has 1 saturated heterocycles. The molecule has 0 radical (unpaired) electrons. The highest BCUT2D eigenvalue weighted by Crippen LogP contribution is 2.25. The number of halogens is 2. The molecule has 0 atom stereocenters. The van der Waals surface area contributed by atoms with Gasteiger partial charge in [-0.05, 0) is 24.3 Å². The first-order chi connectivity index (χ1) is 12.9. The van der Waals surface area contributed by atoms with E-state index in [0.717, 1.165) is 0 Å². The number of hydrogen-bond donors (Lipinski definition) is 0. The molecule has 1 amide bonds. The van der Waals surface area contributed by atoms with Gasteiger partial charge in [-0.1, -0.05) is 35.9 Å². The predicted octanol–water partition coefficient (Wildman–Crippen LogP) is 2.39. The maximum atomic E-state index is 13.5. The first kappa shape index (κ1) is 19.6. The lowest BCUT2D eigenvalue weighted by atomic mass is 10.3. The number of carbonyl (C=O) groups is 1. The summed E-state index contributed by atoms with van der Waals surface area (Å²) >= 11 is 6.00. The van der Waals surface area contributed by atoms with Crippen LogP contribution in [0.15, 0.2) is 53.4 Å². The number of piperazine rings is 1. The number of nitrogens with zero attached hydrogens (tertiary/aromatic N) is 2. The van der Waals surface area contributed by atoms with Crippen molar-refractivity contribution in [1.29, 1.82) is 0 Å². The second-order valence-corrected chi connectivity index (χ2v) is 8.25. The van der Waals surface area contributed by atoms with E-state index in [2.05, 4.69) is 0 Å². The Labute approximate surface area is 162 Å². The standard InChI is InChI=1S/C18H18ClFN2O4S/c19-14-5-1-4-8-17(14)27(24,25)22-11-9-21(10-12-22)18(23)13-26-16-7-3-2-6-15(16)20/h1-8H,9-13H2. The molecule has 0 spiro atoms. The maximum Gasteiger partial charge on any atom is 0.260 e. The third-order valence-corrected chi connectivity index (χ3v) is 6.63. The van der Waals surface area contributed by atoms with Crippen molar-refractivity contribution >= 4 is 27.5 Å². The van der Waals surface area contributed by atoms with Crippen molar-refractivity contribution in [3.8, 4) is 5.75 Å². The Balaban J connectivity index is 1.58. The Bertz CT molecular complexity index is 930. The molecule has 0 aliphatic carbocycles. The zero-order chi connectivity index (χ0) is 19.4. The van der Waals surface area contributed by atoms with E-state index in [-0.39, 0.29) is 54.4 Å². The van der Waals surface area contributed by atoms with Gasteiger partial charge < -0.3 is 9.64 Å². The van der Waals surface area contributed by atoms with Crippen molar-refractivity contribution in [3.05, 3.63) is 59.4 Å². The molecule has 2 aromatic rings. The van der Waals surface area contributed by atoms with Crippen LogP contribution in [0.4, 0.5) is 4.39 Å². The van der Waals surface area contributed by atoms with Crippen molar-refractivity contribution in [2.45, 2.75) is 4.90 Å². The highest BCUT2D eigenvalue weighted by molar-refractivity contribution is 7.89. The number of hydrogen-bond acceptors (Lipinski definition) is 4. The van der Waals surface area contributed by atoms with Crippen LogP contribution in [0.2, 0.25) is 5.02 Å². The first-order valence-corrected chi connectivity index (χ1v) is 10.1. The molecule has 1 fully saturated rings. The Hall–Kier alpha value is -2.16. The molecule has 1 aliphatic rings. The molecule has 0 aromatic heterocycles. The van der Waals surface area contributed by atoms with Crippen LogP contribution >= 0.6 is 11.6 Å². The van der Waals surface area contributed by atoms with Crippen LogP contribution in [0.1, 0.15) is 0 Å². The summed E-state index contributed by atoms with van der Waals surface area (Å²) in [5, 5.41) is 0.161. The normalized spacial score (nSPS) is 15.6. The third kappa shape index (κ3) is 4.40. The topological polar surface area (TPSA) is 66.9 Å². The van der Waals surface area contributed by atoms with Gasteiger partial charge in [0.1, 0.15) is 4.90 Å². The lowest BCUT2D eigenvalue weighted by Gasteiger charge is -2.34. The van der Waals surface area contributed by atoms with Crippen LogP contribution in [0, 0.1) is 5.82 Å². The number of sulfonamides is 1. The van der Waals surface area contributed by atoms with Gasteiger partial charge in [-0.2, -0.15) is 4.31 Å². The molecular weight excluding hydrogens is 395 g/mol. The molecule has 9 heteroatoms. The molecule has 0 saturated carbocycles. The average molecular weight is 413 g/mol. The number of benzene rings is 2. The molecule has 6 nitrogen and oxygen atoms in total. The molecule has 1 heterocycles. The summed E-state index contributed by atoms with van der Waals surface area (Å²) in [5.74, 6) is -0.861. The minimum Gasteiger partial charge on any atom is -0.481 e. The number of rotatable bonds is 5. The monoisotopic (exact) mass is 412 g/mol. The summed E-state index contributed by atoms with van der Waals surface area (Å²) in [6.45, 7) is 0.447. The lowest BCUT2D eigenvalue weighted by Crippen LogP contribution is -2.51. The van der Waals surface area contributed by atoms with Crippen LogP contribution in [0.5, 0.6) is 5.75 Å². The average Bonchev–Trinajstić information content (AvgIpc) is 2.67. The van der Waals surface area contributed by atoms with Gasteiger partial charge in [0, 0.05) is 26.2 Å². The summed E-state index contributed by atoms with van der Waals surface area (Å²) in [4.78, 5) is 13.8. The minimum absolute atomic E-state index is 0.00535. The van der Waals surface area contributed by atoms with Crippen LogP contribution in [-0.2, 0) is 14.8 Å². The van der Waals surface area contributed by atoms with E-state index in [1.54, 1.807) is 18.2 Å². The fourth-order valence-corrected chi connectivity index (χ4v) is 4.68. The smallest absolute Gasteiger partial charge is 0.260 e. The molecule has 0 bridgehead atoms. The van der Waals surface area contributed by atoms with E-state index >= 15 is 0 Å². The van der Waals surface area contributed by atoms with Gasteiger partial charge >= 0.3 is 0 Å². The minimum atomic E-state index is -3.72. The van der Waals surface area contributed by atoms with E-state index in [9.17, 15) is 17.6 Å². The molecule has 0 N–H and O–H groups in total. The third-order valence-electron chi connectivity index (χ3n) is 4.23. The van der Waals surface area contributed by atoms with E-state index in [4.69, 9.17) is 16.3 Å². The summed E-state index contributed by atoms with van der Waals surface area (Å²) in [6.07, 6.45) is 0. The molecule has 1 aliphatic heterocycles. The quantitative estimate of drug-likeness (QED) is 0.756. The van der Waals surface area contributed by atoms with Gasteiger partial charge in [0.2, 0.25) is 10.0 Å².